The maximum absolute atomic E-state index is 5.43. The zero-order valence-electron chi connectivity index (χ0n) is 17.3. The van der Waals surface area contributed by atoms with Crippen molar-refractivity contribution in [1.29, 1.82) is 0 Å². The SMILES string of the molecule is CCCCN1CCC(NC(=NCC(C)CN2CCOCC2)NCC)CC1. The molecule has 152 valence electrons. The van der Waals surface area contributed by atoms with E-state index >= 15 is 0 Å². The molecule has 0 aromatic carbocycles. The van der Waals surface area contributed by atoms with Gasteiger partial charge in [0.15, 0.2) is 5.96 Å². The highest BCUT2D eigenvalue weighted by atomic mass is 16.5. The molecule has 0 aromatic heterocycles. The minimum atomic E-state index is 0.556. The van der Waals surface area contributed by atoms with Gasteiger partial charge in [-0.2, -0.15) is 0 Å². The number of unbranched alkanes of at least 4 members (excludes halogenated alkanes) is 1. The normalized spacial score (nSPS) is 22.3. The second-order valence-corrected chi connectivity index (χ2v) is 7.85. The largest absolute Gasteiger partial charge is 0.379 e. The molecule has 0 saturated carbocycles. The van der Waals surface area contributed by atoms with Crippen molar-refractivity contribution in [3.8, 4) is 0 Å². The predicted molar refractivity (Wildman–Crippen MR) is 110 cm³/mol. The van der Waals surface area contributed by atoms with E-state index in [-0.39, 0.29) is 0 Å². The second kappa shape index (κ2) is 12.5. The first-order valence-corrected chi connectivity index (χ1v) is 10.8. The minimum Gasteiger partial charge on any atom is -0.379 e. The van der Waals surface area contributed by atoms with Gasteiger partial charge < -0.3 is 20.3 Å². The zero-order valence-corrected chi connectivity index (χ0v) is 17.3. The maximum Gasteiger partial charge on any atom is 0.191 e. The van der Waals surface area contributed by atoms with Crippen molar-refractivity contribution in [3.05, 3.63) is 0 Å². The highest BCUT2D eigenvalue weighted by Crippen LogP contribution is 2.11. The summed E-state index contributed by atoms with van der Waals surface area (Å²) in [6.45, 7) is 17.2. The molecule has 1 atom stereocenters. The third kappa shape index (κ3) is 8.23. The van der Waals surface area contributed by atoms with Gasteiger partial charge >= 0.3 is 0 Å². The Labute approximate surface area is 160 Å². The van der Waals surface area contributed by atoms with E-state index in [1.165, 1.54) is 45.3 Å². The van der Waals surface area contributed by atoms with Crippen LogP contribution in [-0.2, 0) is 4.74 Å². The molecule has 2 saturated heterocycles. The van der Waals surface area contributed by atoms with E-state index in [2.05, 4.69) is 41.2 Å². The molecule has 2 aliphatic rings. The molecule has 0 spiro atoms. The second-order valence-electron chi connectivity index (χ2n) is 7.85. The fourth-order valence-electron chi connectivity index (χ4n) is 3.73. The first kappa shape index (κ1) is 21.5. The maximum atomic E-state index is 5.43. The van der Waals surface area contributed by atoms with Gasteiger partial charge in [0.05, 0.1) is 13.2 Å². The average molecular weight is 368 g/mol. The molecule has 6 heteroatoms. The van der Waals surface area contributed by atoms with Gasteiger partial charge in [-0.1, -0.05) is 20.3 Å². The van der Waals surface area contributed by atoms with Crippen LogP contribution in [0.4, 0.5) is 0 Å². The summed E-state index contributed by atoms with van der Waals surface area (Å²) in [5.74, 6) is 1.56. The van der Waals surface area contributed by atoms with Gasteiger partial charge in [0.25, 0.3) is 0 Å². The molecule has 6 nitrogen and oxygen atoms in total. The van der Waals surface area contributed by atoms with E-state index in [0.717, 1.165) is 51.9 Å². The quantitative estimate of drug-likeness (QED) is 0.481. The predicted octanol–water partition coefficient (Wildman–Crippen LogP) is 1.77. The number of hydrogen-bond donors (Lipinski definition) is 2. The number of nitrogens with one attached hydrogen (secondary N) is 2. The molecule has 0 aliphatic carbocycles. The Morgan fingerprint density at radius 2 is 1.85 bits per heavy atom. The summed E-state index contributed by atoms with van der Waals surface area (Å²) in [6, 6.07) is 0.556. The number of hydrogen-bond acceptors (Lipinski definition) is 4. The number of nitrogens with zero attached hydrogens (tertiary/aromatic N) is 3. The summed E-state index contributed by atoms with van der Waals surface area (Å²) in [7, 11) is 0. The number of aliphatic imine (C=N–C) groups is 1. The molecule has 0 bridgehead atoms. The van der Waals surface area contributed by atoms with E-state index in [4.69, 9.17) is 9.73 Å². The molecule has 2 aliphatic heterocycles. The van der Waals surface area contributed by atoms with Crippen LogP contribution in [0, 0.1) is 5.92 Å². The van der Waals surface area contributed by atoms with Crippen LogP contribution >= 0.6 is 0 Å². The standard InChI is InChI=1S/C20H41N5O/c1-4-6-9-24-10-7-19(8-11-24)23-20(21-5-2)22-16-18(3)17-25-12-14-26-15-13-25/h18-19H,4-17H2,1-3H3,(H2,21,22,23). The lowest BCUT2D eigenvalue weighted by molar-refractivity contribution is 0.0323. The smallest absolute Gasteiger partial charge is 0.191 e. The number of piperidine rings is 1. The molecule has 26 heavy (non-hydrogen) atoms. The first-order valence-electron chi connectivity index (χ1n) is 10.8. The third-order valence-corrected chi connectivity index (χ3v) is 5.34. The summed E-state index contributed by atoms with van der Waals surface area (Å²) in [5, 5.41) is 7.10. The molecule has 0 aromatic rings. The Morgan fingerprint density at radius 3 is 2.50 bits per heavy atom. The van der Waals surface area contributed by atoms with Gasteiger partial charge in [0.2, 0.25) is 0 Å². The number of guanidine groups is 1. The van der Waals surface area contributed by atoms with Gasteiger partial charge in [-0.15, -0.1) is 0 Å². The molecule has 0 amide bonds. The molecule has 1 unspecified atom stereocenters. The Hall–Kier alpha value is -0.850. The molecular formula is C20H41N5O. The van der Waals surface area contributed by atoms with Crippen molar-refractivity contribution in [3.63, 3.8) is 0 Å². The van der Waals surface area contributed by atoms with Crippen LogP contribution in [0.3, 0.4) is 0 Å². The van der Waals surface area contributed by atoms with Gasteiger partial charge in [0.1, 0.15) is 0 Å². The number of likely N-dealkylation sites (tertiary alicyclic amines) is 1. The van der Waals surface area contributed by atoms with Gasteiger partial charge in [-0.25, -0.2) is 0 Å². The lowest BCUT2D eigenvalue weighted by atomic mass is 10.0. The van der Waals surface area contributed by atoms with E-state index in [1.54, 1.807) is 0 Å². The summed E-state index contributed by atoms with van der Waals surface area (Å²) in [5.41, 5.74) is 0. The Balaban J connectivity index is 1.72. The van der Waals surface area contributed by atoms with Crippen LogP contribution < -0.4 is 10.6 Å². The van der Waals surface area contributed by atoms with Crippen molar-refractivity contribution in [1.82, 2.24) is 20.4 Å². The fraction of sp³-hybridized carbons (Fsp3) is 0.950. The summed E-state index contributed by atoms with van der Waals surface area (Å²) in [6.07, 6.45) is 5.05. The van der Waals surface area contributed by atoms with Crippen LogP contribution in [0.5, 0.6) is 0 Å². The Kier molecular flexibility index (Phi) is 10.3. The number of ether oxygens (including phenoxy) is 1. The topological polar surface area (TPSA) is 52.1 Å². The van der Waals surface area contributed by atoms with E-state index < -0.39 is 0 Å². The van der Waals surface area contributed by atoms with Gasteiger partial charge in [-0.3, -0.25) is 9.89 Å². The van der Waals surface area contributed by atoms with Crippen molar-refractivity contribution >= 4 is 5.96 Å². The Bertz CT molecular complexity index is 390. The van der Waals surface area contributed by atoms with Crippen LogP contribution in [0.25, 0.3) is 0 Å². The molecule has 0 radical (unpaired) electrons. The molecule has 2 fully saturated rings. The van der Waals surface area contributed by atoms with Crippen LogP contribution in [0.1, 0.15) is 46.5 Å². The molecule has 2 N–H and O–H groups in total. The zero-order chi connectivity index (χ0) is 18.6. The highest BCUT2D eigenvalue weighted by molar-refractivity contribution is 5.80. The monoisotopic (exact) mass is 367 g/mol. The van der Waals surface area contributed by atoms with Crippen molar-refractivity contribution < 1.29 is 4.74 Å². The summed E-state index contributed by atoms with van der Waals surface area (Å²) < 4.78 is 5.43. The van der Waals surface area contributed by atoms with Gasteiger partial charge in [0, 0.05) is 51.9 Å². The minimum absolute atomic E-state index is 0.556. The third-order valence-electron chi connectivity index (χ3n) is 5.34. The highest BCUT2D eigenvalue weighted by Gasteiger charge is 2.19. The van der Waals surface area contributed by atoms with Crippen LogP contribution in [-0.4, -0.2) is 87.4 Å². The molecular weight excluding hydrogens is 326 g/mol. The first-order chi connectivity index (χ1) is 12.7. The van der Waals surface area contributed by atoms with E-state index in [0.29, 0.717) is 12.0 Å². The summed E-state index contributed by atoms with van der Waals surface area (Å²) in [4.78, 5) is 9.97. The lowest BCUT2D eigenvalue weighted by Crippen LogP contribution is -2.49. The number of morpholine rings is 1. The molecule has 2 rings (SSSR count). The van der Waals surface area contributed by atoms with Crippen molar-refractivity contribution in [2.24, 2.45) is 10.9 Å². The van der Waals surface area contributed by atoms with Gasteiger partial charge in [-0.05, 0) is 38.6 Å². The fourth-order valence-corrected chi connectivity index (χ4v) is 3.73. The van der Waals surface area contributed by atoms with Crippen LogP contribution in [0.15, 0.2) is 4.99 Å². The Morgan fingerprint density at radius 1 is 1.12 bits per heavy atom. The average Bonchev–Trinajstić information content (AvgIpc) is 2.66. The molecule has 2 heterocycles. The van der Waals surface area contributed by atoms with E-state index in [1.807, 2.05) is 0 Å². The van der Waals surface area contributed by atoms with Crippen molar-refractivity contribution in [2.45, 2.75) is 52.5 Å². The lowest BCUT2D eigenvalue weighted by Gasteiger charge is -2.33. The van der Waals surface area contributed by atoms with E-state index in [9.17, 15) is 0 Å². The summed E-state index contributed by atoms with van der Waals surface area (Å²) >= 11 is 0. The number of rotatable bonds is 9. The van der Waals surface area contributed by atoms with Crippen LogP contribution in [0.2, 0.25) is 0 Å². The van der Waals surface area contributed by atoms with Crippen molar-refractivity contribution in [2.75, 3.05) is 65.6 Å².